The fourth-order valence-electron chi connectivity index (χ4n) is 1.93. The van der Waals surface area contributed by atoms with Gasteiger partial charge in [-0.25, -0.2) is 4.39 Å². The van der Waals surface area contributed by atoms with Crippen molar-refractivity contribution in [3.8, 4) is 0 Å². The second-order valence-electron chi connectivity index (χ2n) is 5.10. The number of halogens is 1. The molecule has 1 amide bonds. The van der Waals surface area contributed by atoms with E-state index in [9.17, 15) is 9.18 Å². The number of amides is 1. The SMILES string of the molecule is CC(N)CCCC(=O)N(C)C(C)c1ccc(F)cc1. The number of hydrogen-bond acceptors (Lipinski definition) is 2. The van der Waals surface area contributed by atoms with Gasteiger partial charge < -0.3 is 10.6 Å². The van der Waals surface area contributed by atoms with E-state index in [-0.39, 0.29) is 23.8 Å². The first-order chi connectivity index (χ1) is 8.91. The van der Waals surface area contributed by atoms with E-state index in [2.05, 4.69) is 0 Å². The smallest absolute Gasteiger partial charge is 0.222 e. The molecule has 1 rings (SSSR count). The third-order valence-electron chi connectivity index (χ3n) is 3.38. The van der Waals surface area contributed by atoms with Crippen molar-refractivity contribution in [2.45, 2.75) is 45.2 Å². The summed E-state index contributed by atoms with van der Waals surface area (Å²) in [6.07, 6.45) is 2.16. The van der Waals surface area contributed by atoms with Gasteiger partial charge in [-0.3, -0.25) is 4.79 Å². The molecule has 19 heavy (non-hydrogen) atoms. The van der Waals surface area contributed by atoms with Crippen LogP contribution < -0.4 is 5.73 Å². The summed E-state index contributed by atoms with van der Waals surface area (Å²) in [7, 11) is 1.78. The lowest BCUT2D eigenvalue weighted by Gasteiger charge is -2.25. The van der Waals surface area contributed by atoms with Gasteiger partial charge in [0.15, 0.2) is 0 Å². The van der Waals surface area contributed by atoms with Crippen molar-refractivity contribution in [2.24, 2.45) is 5.73 Å². The zero-order chi connectivity index (χ0) is 14.4. The summed E-state index contributed by atoms with van der Waals surface area (Å²) in [6.45, 7) is 3.88. The van der Waals surface area contributed by atoms with E-state index < -0.39 is 0 Å². The average molecular weight is 266 g/mol. The first-order valence-corrected chi connectivity index (χ1v) is 6.68. The minimum atomic E-state index is -0.262. The molecule has 0 saturated carbocycles. The van der Waals surface area contributed by atoms with E-state index in [0.29, 0.717) is 6.42 Å². The normalized spacial score (nSPS) is 13.9. The lowest BCUT2D eigenvalue weighted by atomic mass is 10.1. The molecule has 1 aromatic rings. The van der Waals surface area contributed by atoms with Gasteiger partial charge in [0.2, 0.25) is 5.91 Å². The van der Waals surface area contributed by atoms with Crippen molar-refractivity contribution in [3.63, 3.8) is 0 Å². The Morgan fingerprint density at radius 2 is 1.89 bits per heavy atom. The van der Waals surface area contributed by atoms with Crippen LogP contribution in [0.2, 0.25) is 0 Å². The zero-order valence-electron chi connectivity index (χ0n) is 11.9. The molecule has 106 valence electrons. The van der Waals surface area contributed by atoms with Gasteiger partial charge in [0, 0.05) is 19.5 Å². The minimum absolute atomic E-state index is 0.0524. The van der Waals surface area contributed by atoms with Crippen molar-refractivity contribution in [1.82, 2.24) is 4.90 Å². The molecule has 0 spiro atoms. The predicted molar refractivity (Wildman–Crippen MR) is 75.1 cm³/mol. The lowest BCUT2D eigenvalue weighted by Crippen LogP contribution is -2.29. The van der Waals surface area contributed by atoms with Crippen LogP contribution in [0.4, 0.5) is 4.39 Å². The van der Waals surface area contributed by atoms with Gasteiger partial charge in [0.1, 0.15) is 5.82 Å². The van der Waals surface area contributed by atoms with E-state index >= 15 is 0 Å². The quantitative estimate of drug-likeness (QED) is 0.860. The highest BCUT2D eigenvalue weighted by atomic mass is 19.1. The summed E-state index contributed by atoms with van der Waals surface area (Å²) < 4.78 is 12.9. The molecule has 0 saturated heterocycles. The predicted octanol–water partition coefficient (Wildman–Crippen LogP) is 2.86. The fourth-order valence-corrected chi connectivity index (χ4v) is 1.93. The maximum absolute atomic E-state index is 12.9. The first-order valence-electron chi connectivity index (χ1n) is 6.68. The second kappa shape index (κ2) is 7.24. The molecule has 2 unspecified atom stereocenters. The van der Waals surface area contributed by atoms with Gasteiger partial charge in [-0.1, -0.05) is 12.1 Å². The van der Waals surface area contributed by atoms with Gasteiger partial charge in [-0.15, -0.1) is 0 Å². The highest BCUT2D eigenvalue weighted by Crippen LogP contribution is 2.20. The molecule has 0 aliphatic carbocycles. The molecule has 0 bridgehead atoms. The van der Waals surface area contributed by atoms with Gasteiger partial charge in [-0.2, -0.15) is 0 Å². The van der Waals surface area contributed by atoms with Crippen LogP contribution in [0, 0.1) is 5.82 Å². The minimum Gasteiger partial charge on any atom is -0.339 e. The van der Waals surface area contributed by atoms with Crippen LogP contribution in [0.3, 0.4) is 0 Å². The van der Waals surface area contributed by atoms with Crippen LogP contribution in [0.15, 0.2) is 24.3 Å². The third kappa shape index (κ3) is 4.99. The molecule has 1 aromatic carbocycles. The summed E-state index contributed by atoms with van der Waals surface area (Å²) in [6, 6.07) is 6.34. The Kier molecular flexibility index (Phi) is 5.96. The maximum atomic E-state index is 12.9. The number of nitrogens with two attached hydrogens (primary N) is 1. The van der Waals surface area contributed by atoms with Crippen LogP contribution in [0.25, 0.3) is 0 Å². The third-order valence-corrected chi connectivity index (χ3v) is 3.38. The number of carbonyl (C=O) groups excluding carboxylic acids is 1. The van der Waals surface area contributed by atoms with Crippen molar-refractivity contribution in [3.05, 3.63) is 35.6 Å². The van der Waals surface area contributed by atoms with Crippen molar-refractivity contribution >= 4 is 5.91 Å². The molecule has 2 N–H and O–H groups in total. The molecule has 2 atom stereocenters. The van der Waals surface area contributed by atoms with E-state index in [4.69, 9.17) is 5.73 Å². The van der Waals surface area contributed by atoms with Gasteiger partial charge >= 0.3 is 0 Å². The van der Waals surface area contributed by atoms with Crippen LogP contribution in [-0.2, 0) is 4.79 Å². The van der Waals surface area contributed by atoms with E-state index in [1.54, 1.807) is 24.1 Å². The summed E-state index contributed by atoms with van der Waals surface area (Å²) in [5, 5.41) is 0. The number of benzene rings is 1. The molecule has 0 heterocycles. The second-order valence-corrected chi connectivity index (χ2v) is 5.10. The van der Waals surface area contributed by atoms with Crippen LogP contribution in [0.1, 0.15) is 44.7 Å². The fraction of sp³-hybridized carbons (Fsp3) is 0.533. The van der Waals surface area contributed by atoms with Crippen molar-refractivity contribution < 1.29 is 9.18 Å². The van der Waals surface area contributed by atoms with Gasteiger partial charge in [0.25, 0.3) is 0 Å². The maximum Gasteiger partial charge on any atom is 0.222 e. The molecular weight excluding hydrogens is 243 g/mol. The molecule has 0 aliphatic rings. The Labute approximate surface area is 114 Å². The summed E-state index contributed by atoms with van der Waals surface area (Å²) in [5.41, 5.74) is 6.59. The monoisotopic (exact) mass is 266 g/mol. The van der Waals surface area contributed by atoms with E-state index in [0.717, 1.165) is 18.4 Å². The Morgan fingerprint density at radius 3 is 2.42 bits per heavy atom. The number of nitrogens with zero attached hydrogens (tertiary/aromatic N) is 1. The van der Waals surface area contributed by atoms with Gasteiger partial charge in [-0.05, 0) is 44.4 Å². The summed E-state index contributed by atoms with van der Waals surface area (Å²) in [4.78, 5) is 13.7. The first kappa shape index (κ1) is 15.6. The standard InChI is InChI=1S/C15H23FN2O/c1-11(17)5-4-6-15(19)18(3)12(2)13-7-9-14(16)10-8-13/h7-12H,4-6,17H2,1-3H3. The Hall–Kier alpha value is -1.42. The molecule has 0 aliphatic heterocycles. The Morgan fingerprint density at radius 1 is 1.32 bits per heavy atom. The lowest BCUT2D eigenvalue weighted by molar-refractivity contribution is -0.131. The van der Waals surface area contributed by atoms with E-state index in [1.807, 2.05) is 13.8 Å². The summed E-state index contributed by atoms with van der Waals surface area (Å²) in [5.74, 6) is -0.167. The molecule has 0 fully saturated rings. The number of hydrogen-bond donors (Lipinski definition) is 1. The zero-order valence-corrected chi connectivity index (χ0v) is 11.9. The molecule has 0 aromatic heterocycles. The van der Waals surface area contributed by atoms with Crippen LogP contribution >= 0.6 is 0 Å². The largest absolute Gasteiger partial charge is 0.339 e. The molecule has 0 radical (unpaired) electrons. The van der Waals surface area contributed by atoms with Crippen molar-refractivity contribution in [1.29, 1.82) is 0 Å². The van der Waals surface area contributed by atoms with Crippen LogP contribution in [0.5, 0.6) is 0 Å². The van der Waals surface area contributed by atoms with E-state index in [1.165, 1.54) is 12.1 Å². The Balaban J connectivity index is 2.53. The average Bonchev–Trinajstić information content (AvgIpc) is 2.37. The van der Waals surface area contributed by atoms with Crippen molar-refractivity contribution in [2.75, 3.05) is 7.05 Å². The molecule has 4 heteroatoms. The number of rotatable bonds is 6. The molecule has 3 nitrogen and oxygen atoms in total. The van der Waals surface area contributed by atoms with Crippen LogP contribution in [-0.4, -0.2) is 23.9 Å². The topological polar surface area (TPSA) is 46.3 Å². The Bertz CT molecular complexity index is 403. The van der Waals surface area contributed by atoms with Gasteiger partial charge in [0.05, 0.1) is 6.04 Å². The number of carbonyl (C=O) groups is 1. The highest BCUT2D eigenvalue weighted by molar-refractivity contribution is 5.76. The highest BCUT2D eigenvalue weighted by Gasteiger charge is 2.17. The summed E-state index contributed by atoms with van der Waals surface area (Å²) >= 11 is 0. The molecular formula is C15H23FN2O.